The van der Waals surface area contributed by atoms with Gasteiger partial charge in [-0.1, -0.05) is 41.4 Å². The number of hydrogen-bond acceptors (Lipinski definition) is 2. The number of hydrogen-bond donors (Lipinski definition) is 1. The van der Waals surface area contributed by atoms with Crippen LogP contribution in [0.25, 0.3) is 10.1 Å². The molecule has 20 heavy (non-hydrogen) atoms. The fourth-order valence-corrected chi connectivity index (χ4v) is 4.39. The molecule has 0 radical (unpaired) electrons. The lowest BCUT2D eigenvalue weighted by atomic mass is 9.99. The number of fused-ring (bicyclic) bond motifs is 1. The number of benzene rings is 2. The molecule has 0 fully saturated rings. The van der Waals surface area contributed by atoms with Gasteiger partial charge in [0.15, 0.2) is 0 Å². The molecule has 1 heterocycles. The second-order valence-corrected chi connectivity index (χ2v) is 7.03. The molecule has 0 saturated carbocycles. The van der Waals surface area contributed by atoms with Gasteiger partial charge < -0.3 is 5.73 Å². The second kappa shape index (κ2) is 5.66. The Morgan fingerprint density at radius 2 is 1.90 bits per heavy atom. The maximum atomic E-state index is 6.39. The minimum absolute atomic E-state index is 0.261. The van der Waals surface area contributed by atoms with Crippen molar-refractivity contribution in [2.45, 2.75) is 6.04 Å². The van der Waals surface area contributed by atoms with Crippen LogP contribution in [-0.4, -0.2) is 0 Å². The molecule has 5 heteroatoms. The molecule has 0 bridgehead atoms. The Balaban J connectivity index is 2.13. The summed E-state index contributed by atoms with van der Waals surface area (Å²) in [4.78, 5) is 0. The molecule has 0 spiro atoms. The summed E-state index contributed by atoms with van der Waals surface area (Å²) in [7, 11) is 0. The predicted octanol–water partition coefficient (Wildman–Crippen LogP) is 6.02. The van der Waals surface area contributed by atoms with Gasteiger partial charge in [0.25, 0.3) is 0 Å². The molecule has 0 amide bonds. The van der Waals surface area contributed by atoms with Gasteiger partial charge in [-0.25, -0.2) is 0 Å². The van der Waals surface area contributed by atoms with Gasteiger partial charge in [-0.05, 0) is 56.0 Å². The van der Waals surface area contributed by atoms with E-state index in [0.717, 1.165) is 21.0 Å². The van der Waals surface area contributed by atoms with E-state index in [9.17, 15) is 0 Å². The molecule has 2 N–H and O–H groups in total. The maximum Gasteiger partial charge on any atom is 0.0580 e. The molecule has 0 aliphatic carbocycles. The van der Waals surface area contributed by atoms with Crippen molar-refractivity contribution in [2.24, 2.45) is 5.73 Å². The number of rotatable bonds is 2. The van der Waals surface area contributed by atoms with E-state index in [2.05, 4.69) is 27.4 Å². The van der Waals surface area contributed by atoms with Gasteiger partial charge in [0.1, 0.15) is 0 Å². The van der Waals surface area contributed by atoms with Crippen molar-refractivity contribution in [1.82, 2.24) is 0 Å². The quantitative estimate of drug-likeness (QED) is 0.572. The first kappa shape index (κ1) is 14.4. The van der Waals surface area contributed by atoms with Crippen molar-refractivity contribution in [3.8, 4) is 0 Å². The molecule has 1 nitrogen and oxygen atoms in total. The van der Waals surface area contributed by atoms with Crippen LogP contribution in [-0.2, 0) is 0 Å². The van der Waals surface area contributed by atoms with Crippen LogP contribution < -0.4 is 5.73 Å². The SMILES string of the molecule is NC(c1ccc(Cl)cc1Cl)c1csc2c(Br)cccc12. The largest absolute Gasteiger partial charge is 0.320 e. The smallest absolute Gasteiger partial charge is 0.0580 e. The average molecular weight is 387 g/mol. The Morgan fingerprint density at radius 3 is 2.65 bits per heavy atom. The summed E-state index contributed by atoms with van der Waals surface area (Å²) in [5.41, 5.74) is 8.36. The zero-order valence-corrected chi connectivity index (χ0v) is 14.2. The molecule has 2 aromatic carbocycles. The van der Waals surface area contributed by atoms with Crippen molar-refractivity contribution >= 4 is 60.6 Å². The molecule has 0 aliphatic rings. The minimum Gasteiger partial charge on any atom is -0.320 e. The first-order valence-electron chi connectivity index (χ1n) is 5.94. The summed E-state index contributed by atoms with van der Waals surface area (Å²) in [5, 5.41) is 4.46. The van der Waals surface area contributed by atoms with Crippen LogP contribution in [0.1, 0.15) is 17.2 Å². The van der Waals surface area contributed by atoms with E-state index in [1.54, 1.807) is 17.4 Å². The van der Waals surface area contributed by atoms with Gasteiger partial charge in [0.05, 0.1) is 6.04 Å². The Bertz CT molecular complexity index is 785. The summed E-state index contributed by atoms with van der Waals surface area (Å²) in [5.74, 6) is 0. The summed E-state index contributed by atoms with van der Waals surface area (Å²) < 4.78 is 2.28. The molecule has 102 valence electrons. The van der Waals surface area contributed by atoms with Crippen molar-refractivity contribution in [3.05, 3.63) is 67.4 Å². The zero-order chi connectivity index (χ0) is 14.3. The molecule has 0 saturated heterocycles. The van der Waals surface area contributed by atoms with Crippen LogP contribution in [0.3, 0.4) is 0 Å². The lowest BCUT2D eigenvalue weighted by Gasteiger charge is -2.13. The summed E-state index contributed by atoms with van der Waals surface area (Å²) in [6, 6.07) is 11.3. The van der Waals surface area contributed by atoms with Gasteiger partial charge in [0.2, 0.25) is 0 Å². The Morgan fingerprint density at radius 1 is 1.10 bits per heavy atom. The fourth-order valence-electron chi connectivity index (χ4n) is 2.20. The highest BCUT2D eigenvalue weighted by Gasteiger charge is 2.17. The Hall–Kier alpha value is -0.580. The molecule has 3 rings (SSSR count). The molecule has 1 atom stereocenters. The standard InChI is InChI=1S/C15H10BrCl2NS/c16-12-3-1-2-9-11(7-20-15(9)12)14(19)10-5-4-8(17)6-13(10)18/h1-7,14H,19H2. The lowest BCUT2D eigenvalue weighted by Crippen LogP contribution is -2.11. The molecule has 0 aliphatic heterocycles. The maximum absolute atomic E-state index is 6.39. The summed E-state index contributed by atoms with van der Waals surface area (Å²) in [6.07, 6.45) is 0. The summed E-state index contributed by atoms with van der Waals surface area (Å²) >= 11 is 17.4. The van der Waals surface area contributed by atoms with Crippen LogP contribution in [0, 0.1) is 0 Å². The predicted molar refractivity (Wildman–Crippen MR) is 92.0 cm³/mol. The van der Waals surface area contributed by atoms with Crippen LogP contribution >= 0.6 is 50.5 Å². The molecule has 1 aromatic heterocycles. The van der Waals surface area contributed by atoms with Gasteiger partial charge in [-0.3, -0.25) is 0 Å². The third-order valence-electron chi connectivity index (χ3n) is 3.21. The fraction of sp³-hybridized carbons (Fsp3) is 0.0667. The van der Waals surface area contributed by atoms with Crippen molar-refractivity contribution in [1.29, 1.82) is 0 Å². The average Bonchev–Trinajstić information content (AvgIpc) is 2.83. The number of thiophene rings is 1. The normalized spacial score (nSPS) is 12.8. The van der Waals surface area contributed by atoms with Crippen LogP contribution in [0.2, 0.25) is 10.0 Å². The highest BCUT2D eigenvalue weighted by Crippen LogP contribution is 2.38. The van der Waals surface area contributed by atoms with Crippen molar-refractivity contribution in [3.63, 3.8) is 0 Å². The van der Waals surface area contributed by atoms with Gasteiger partial charge in [-0.15, -0.1) is 11.3 Å². The second-order valence-electron chi connectivity index (χ2n) is 4.45. The monoisotopic (exact) mass is 385 g/mol. The van der Waals surface area contributed by atoms with E-state index in [1.807, 2.05) is 24.3 Å². The minimum atomic E-state index is -0.261. The van der Waals surface area contributed by atoms with Crippen molar-refractivity contribution in [2.75, 3.05) is 0 Å². The lowest BCUT2D eigenvalue weighted by molar-refractivity contribution is 0.885. The van der Waals surface area contributed by atoms with E-state index in [4.69, 9.17) is 28.9 Å². The van der Waals surface area contributed by atoms with Crippen LogP contribution in [0.4, 0.5) is 0 Å². The van der Waals surface area contributed by atoms with Gasteiger partial charge >= 0.3 is 0 Å². The van der Waals surface area contributed by atoms with E-state index >= 15 is 0 Å². The first-order valence-corrected chi connectivity index (χ1v) is 8.37. The van der Waals surface area contributed by atoms with Gasteiger partial charge in [0, 0.05) is 19.2 Å². The molecular weight excluding hydrogens is 377 g/mol. The third-order valence-corrected chi connectivity index (χ3v) is 5.75. The molecular formula is C15H10BrCl2NS. The summed E-state index contributed by atoms with van der Waals surface area (Å²) in [6.45, 7) is 0. The Labute approximate surface area is 139 Å². The number of halogens is 3. The van der Waals surface area contributed by atoms with E-state index < -0.39 is 0 Å². The van der Waals surface area contributed by atoms with Crippen molar-refractivity contribution < 1.29 is 0 Å². The highest BCUT2D eigenvalue weighted by molar-refractivity contribution is 9.10. The zero-order valence-electron chi connectivity index (χ0n) is 10.2. The van der Waals surface area contributed by atoms with E-state index in [-0.39, 0.29) is 6.04 Å². The first-order chi connectivity index (χ1) is 9.58. The van der Waals surface area contributed by atoms with Gasteiger partial charge in [-0.2, -0.15) is 0 Å². The molecule has 3 aromatic rings. The topological polar surface area (TPSA) is 26.0 Å². The Kier molecular flexibility index (Phi) is 4.07. The van der Waals surface area contributed by atoms with E-state index in [0.29, 0.717) is 10.0 Å². The van der Waals surface area contributed by atoms with Crippen LogP contribution in [0.15, 0.2) is 46.3 Å². The highest BCUT2D eigenvalue weighted by atomic mass is 79.9. The number of nitrogens with two attached hydrogens (primary N) is 1. The van der Waals surface area contributed by atoms with Crippen LogP contribution in [0.5, 0.6) is 0 Å². The van der Waals surface area contributed by atoms with E-state index in [1.165, 1.54) is 4.70 Å². The molecule has 1 unspecified atom stereocenters. The third kappa shape index (κ3) is 2.49.